The Kier molecular flexibility index (Phi) is 2.79. The fraction of sp³-hybridized carbons (Fsp3) is 0.182. The van der Waals surface area contributed by atoms with Crippen LogP contribution in [0.25, 0.3) is 11.0 Å². The molecule has 17 heavy (non-hydrogen) atoms. The first kappa shape index (κ1) is 10.3. The maximum absolute atomic E-state index is 4.49. The molecule has 0 unspecified atom stereocenters. The lowest BCUT2D eigenvalue weighted by Gasteiger charge is -1.97. The van der Waals surface area contributed by atoms with Crippen LogP contribution in [0.1, 0.15) is 0 Å². The molecule has 2 heterocycles. The van der Waals surface area contributed by atoms with Crippen molar-refractivity contribution < 1.29 is 0 Å². The van der Waals surface area contributed by atoms with E-state index in [4.69, 9.17) is 0 Å². The van der Waals surface area contributed by atoms with Crippen molar-refractivity contribution >= 4 is 22.8 Å². The van der Waals surface area contributed by atoms with Crippen LogP contribution in [-0.4, -0.2) is 30.5 Å². The van der Waals surface area contributed by atoms with Crippen LogP contribution in [0.5, 0.6) is 0 Å². The number of nitrogens with zero attached hydrogens (tertiary/aromatic N) is 4. The summed E-state index contributed by atoms with van der Waals surface area (Å²) >= 11 is 1.69. The fourth-order valence-electron chi connectivity index (χ4n) is 1.58. The number of hydrogen-bond donors (Lipinski definition) is 1. The summed E-state index contributed by atoms with van der Waals surface area (Å²) < 4.78 is 1.82. The molecule has 0 aliphatic rings. The minimum Gasteiger partial charge on any atom is -0.333 e. The van der Waals surface area contributed by atoms with Crippen LogP contribution < -0.4 is 0 Å². The lowest BCUT2D eigenvalue weighted by molar-refractivity contribution is 0.664. The van der Waals surface area contributed by atoms with E-state index in [0.29, 0.717) is 0 Å². The Hall–Kier alpha value is -1.82. The van der Waals surface area contributed by atoms with Crippen molar-refractivity contribution in [2.45, 2.75) is 11.7 Å². The third-order valence-electron chi connectivity index (χ3n) is 2.39. The first-order valence-corrected chi connectivity index (χ1v) is 6.30. The minimum atomic E-state index is 0.835. The summed E-state index contributed by atoms with van der Waals surface area (Å²) in [6, 6.07) is 8.04. The van der Waals surface area contributed by atoms with Gasteiger partial charge in [-0.15, -0.1) is 0 Å². The highest BCUT2D eigenvalue weighted by atomic mass is 32.2. The van der Waals surface area contributed by atoms with E-state index in [1.54, 1.807) is 24.4 Å². The molecule has 3 rings (SSSR count). The lowest BCUT2D eigenvalue weighted by atomic mass is 10.3. The first-order chi connectivity index (χ1) is 8.42. The summed E-state index contributed by atoms with van der Waals surface area (Å²) in [6.07, 6.45) is 3.27. The molecule has 3 aromatic rings. The second-order valence-corrected chi connectivity index (χ2v) is 4.65. The zero-order chi connectivity index (χ0) is 11.5. The number of hydrogen-bond acceptors (Lipinski definition) is 4. The number of rotatable bonds is 4. The number of imidazole rings is 1. The van der Waals surface area contributed by atoms with Crippen LogP contribution in [0.2, 0.25) is 0 Å². The van der Waals surface area contributed by atoms with Gasteiger partial charge in [0.05, 0.1) is 17.6 Å². The van der Waals surface area contributed by atoms with Gasteiger partial charge in [0.2, 0.25) is 0 Å². The number of para-hydroxylation sites is 2. The van der Waals surface area contributed by atoms with E-state index in [1.165, 1.54) is 0 Å². The minimum absolute atomic E-state index is 0.835. The highest BCUT2D eigenvalue weighted by Gasteiger charge is 2.02. The van der Waals surface area contributed by atoms with Crippen LogP contribution in [0.4, 0.5) is 0 Å². The van der Waals surface area contributed by atoms with Gasteiger partial charge < -0.3 is 4.98 Å². The molecule has 0 aliphatic heterocycles. The normalized spacial score (nSPS) is 11.1. The Morgan fingerprint density at radius 1 is 1.29 bits per heavy atom. The van der Waals surface area contributed by atoms with Crippen molar-refractivity contribution in [2.75, 3.05) is 5.75 Å². The lowest BCUT2D eigenvalue weighted by Crippen LogP contribution is -2.00. The quantitative estimate of drug-likeness (QED) is 0.714. The summed E-state index contributed by atoms with van der Waals surface area (Å²) in [5, 5.41) is 5.00. The number of fused-ring (bicyclic) bond motifs is 1. The Bertz CT molecular complexity index is 568. The third kappa shape index (κ3) is 2.31. The zero-order valence-corrected chi connectivity index (χ0v) is 9.89. The second kappa shape index (κ2) is 4.58. The van der Waals surface area contributed by atoms with Crippen LogP contribution >= 0.6 is 11.8 Å². The summed E-state index contributed by atoms with van der Waals surface area (Å²) in [5.41, 5.74) is 2.09. The molecule has 0 saturated carbocycles. The monoisotopic (exact) mass is 245 g/mol. The van der Waals surface area contributed by atoms with E-state index in [1.807, 2.05) is 28.9 Å². The molecule has 1 aromatic carbocycles. The predicted octanol–water partition coefficient (Wildman–Crippen LogP) is 1.95. The topological polar surface area (TPSA) is 59.4 Å². The van der Waals surface area contributed by atoms with Gasteiger partial charge in [0.1, 0.15) is 12.7 Å². The van der Waals surface area contributed by atoms with Crippen LogP contribution in [0, 0.1) is 0 Å². The van der Waals surface area contributed by atoms with Crippen LogP contribution in [0.3, 0.4) is 0 Å². The molecule has 0 fully saturated rings. The smallest absolute Gasteiger partial charge is 0.166 e. The highest BCUT2D eigenvalue weighted by Crippen LogP contribution is 2.18. The average molecular weight is 245 g/mol. The number of nitrogens with one attached hydrogen (secondary N) is 1. The zero-order valence-electron chi connectivity index (χ0n) is 9.08. The number of aromatic amines is 1. The molecule has 6 heteroatoms. The molecule has 0 atom stereocenters. The van der Waals surface area contributed by atoms with Crippen molar-refractivity contribution in [3.8, 4) is 0 Å². The number of benzene rings is 1. The standard InChI is InChI=1S/C11H11N5S/c1-2-4-10-9(3-1)14-11(15-10)17-6-5-16-8-12-7-13-16/h1-4,7-8H,5-6H2,(H,14,15). The second-order valence-electron chi connectivity index (χ2n) is 3.57. The molecule has 0 bridgehead atoms. The Labute approximate surface area is 102 Å². The SMILES string of the molecule is c1ccc2[nH]c(SCCn3cncn3)nc2c1. The molecule has 2 aromatic heterocycles. The molecule has 0 saturated heterocycles. The van der Waals surface area contributed by atoms with E-state index in [0.717, 1.165) is 28.5 Å². The van der Waals surface area contributed by atoms with E-state index in [2.05, 4.69) is 20.1 Å². The predicted molar refractivity (Wildman–Crippen MR) is 66.8 cm³/mol. The van der Waals surface area contributed by atoms with Gasteiger partial charge in [0, 0.05) is 5.75 Å². The fourth-order valence-corrected chi connectivity index (χ4v) is 2.40. The van der Waals surface area contributed by atoms with Gasteiger partial charge in [-0.1, -0.05) is 23.9 Å². The van der Waals surface area contributed by atoms with Crippen molar-refractivity contribution in [3.63, 3.8) is 0 Å². The maximum Gasteiger partial charge on any atom is 0.166 e. The number of aryl methyl sites for hydroxylation is 1. The molecule has 0 radical (unpaired) electrons. The number of thioether (sulfide) groups is 1. The molecule has 1 N–H and O–H groups in total. The van der Waals surface area contributed by atoms with Crippen molar-refractivity contribution in [2.24, 2.45) is 0 Å². The van der Waals surface area contributed by atoms with Gasteiger partial charge in [0.25, 0.3) is 0 Å². The molecule has 5 nitrogen and oxygen atoms in total. The Balaban J connectivity index is 1.65. The number of aromatic nitrogens is 5. The van der Waals surface area contributed by atoms with Gasteiger partial charge in [-0.2, -0.15) is 5.10 Å². The molecular formula is C11H11N5S. The summed E-state index contributed by atoms with van der Waals surface area (Å²) in [5.74, 6) is 0.920. The number of H-pyrrole nitrogens is 1. The van der Waals surface area contributed by atoms with Crippen molar-refractivity contribution in [3.05, 3.63) is 36.9 Å². The van der Waals surface area contributed by atoms with Crippen LogP contribution in [-0.2, 0) is 6.54 Å². The van der Waals surface area contributed by atoms with Crippen LogP contribution in [0.15, 0.2) is 42.1 Å². The van der Waals surface area contributed by atoms with Gasteiger partial charge >= 0.3 is 0 Å². The average Bonchev–Trinajstić information content (AvgIpc) is 2.96. The molecule has 0 spiro atoms. The van der Waals surface area contributed by atoms with E-state index < -0.39 is 0 Å². The summed E-state index contributed by atoms with van der Waals surface area (Å²) in [6.45, 7) is 0.835. The summed E-state index contributed by atoms with van der Waals surface area (Å²) in [4.78, 5) is 11.7. The molecular weight excluding hydrogens is 234 g/mol. The van der Waals surface area contributed by atoms with Gasteiger partial charge in [0.15, 0.2) is 5.16 Å². The molecule has 86 valence electrons. The maximum atomic E-state index is 4.49. The van der Waals surface area contributed by atoms with Gasteiger partial charge in [-0.3, -0.25) is 4.68 Å². The molecule has 0 aliphatic carbocycles. The first-order valence-electron chi connectivity index (χ1n) is 5.32. The van der Waals surface area contributed by atoms with Gasteiger partial charge in [-0.25, -0.2) is 9.97 Å². The van der Waals surface area contributed by atoms with E-state index >= 15 is 0 Å². The summed E-state index contributed by atoms with van der Waals surface area (Å²) in [7, 11) is 0. The third-order valence-corrected chi connectivity index (χ3v) is 3.25. The van der Waals surface area contributed by atoms with E-state index in [-0.39, 0.29) is 0 Å². The Morgan fingerprint density at radius 3 is 3.06 bits per heavy atom. The van der Waals surface area contributed by atoms with Crippen molar-refractivity contribution in [1.29, 1.82) is 0 Å². The van der Waals surface area contributed by atoms with Gasteiger partial charge in [-0.05, 0) is 12.1 Å². The highest BCUT2D eigenvalue weighted by molar-refractivity contribution is 7.99. The Morgan fingerprint density at radius 2 is 2.24 bits per heavy atom. The molecule has 0 amide bonds. The largest absolute Gasteiger partial charge is 0.333 e. The van der Waals surface area contributed by atoms with E-state index in [9.17, 15) is 0 Å². The van der Waals surface area contributed by atoms with Crippen molar-refractivity contribution in [1.82, 2.24) is 24.7 Å².